The molecule has 1 N–H and O–H groups in total. The Hall–Kier alpha value is -1.31. The van der Waals surface area contributed by atoms with Gasteiger partial charge in [-0.3, -0.25) is 4.79 Å². The van der Waals surface area contributed by atoms with Crippen molar-refractivity contribution >= 4 is 27.5 Å². The summed E-state index contributed by atoms with van der Waals surface area (Å²) in [6, 6.07) is 4.33. The Bertz CT molecular complexity index is 655. The van der Waals surface area contributed by atoms with Crippen LogP contribution >= 0.6 is 11.6 Å². The first-order chi connectivity index (χ1) is 10.9. The number of nitrogens with one attached hydrogen (secondary N) is 1. The second-order valence-corrected chi connectivity index (χ2v) is 7.59. The van der Waals surface area contributed by atoms with Gasteiger partial charge in [0.25, 0.3) is 0 Å². The number of carbonyl (C=O) groups excluding carboxylic acids is 1. The third kappa shape index (κ3) is 4.83. The number of benzene rings is 1. The lowest BCUT2D eigenvalue weighted by Gasteiger charge is -2.20. The molecule has 23 heavy (non-hydrogen) atoms. The van der Waals surface area contributed by atoms with Gasteiger partial charge in [0.15, 0.2) is 0 Å². The predicted octanol–water partition coefficient (Wildman–Crippen LogP) is 2.03. The third-order valence-corrected chi connectivity index (χ3v) is 5.44. The quantitative estimate of drug-likeness (QED) is 0.871. The molecule has 128 valence electrons. The highest BCUT2D eigenvalue weighted by atomic mass is 35.5. The lowest BCUT2D eigenvalue weighted by atomic mass is 10.2. The maximum Gasteiger partial charge on any atom is 0.244 e. The molecule has 0 bridgehead atoms. The number of sulfonamides is 1. The van der Waals surface area contributed by atoms with Crippen LogP contribution in [0.1, 0.15) is 25.7 Å². The van der Waals surface area contributed by atoms with Crippen molar-refractivity contribution in [2.45, 2.75) is 30.6 Å². The van der Waals surface area contributed by atoms with Gasteiger partial charge in [0.2, 0.25) is 15.9 Å². The molecule has 1 fully saturated rings. The second-order valence-electron chi connectivity index (χ2n) is 5.41. The van der Waals surface area contributed by atoms with Crippen LogP contribution in [-0.4, -0.2) is 46.0 Å². The Balaban J connectivity index is 2.06. The maximum absolute atomic E-state index is 12.4. The summed E-state index contributed by atoms with van der Waals surface area (Å²) in [7, 11) is -2.50. The first-order valence-corrected chi connectivity index (χ1v) is 9.41. The summed E-state index contributed by atoms with van der Waals surface area (Å²) in [4.78, 5) is 13.8. The van der Waals surface area contributed by atoms with Crippen molar-refractivity contribution in [1.29, 1.82) is 0 Å². The normalized spacial score (nSPS) is 16.0. The van der Waals surface area contributed by atoms with Crippen LogP contribution in [-0.2, 0) is 14.8 Å². The van der Waals surface area contributed by atoms with Gasteiger partial charge < -0.3 is 9.64 Å². The van der Waals surface area contributed by atoms with E-state index in [2.05, 4.69) is 4.72 Å². The molecule has 1 saturated heterocycles. The van der Waals surface area contributed by atoms with E-state index >= 15 is 0 Å². The van der Waals surface area contributed by atoms with Crippen LogP contribution in [0.4, 0.5) is 0 Å². The molecule has 1 aliphatic rings. The smallest absolute Gasteiger partial charge is 0.244 e. The Morgan fingerprint density at radius 2 is 1.91 bits per heavy atom. The van der Waals surface area contributed by atoms with Gasteiger partial charge in [-0.25, -0.2) is 13.1 Å². The summed E-state index contributed by atoms with van der Waals surface area (Å²) >= 11 is 5.86. The molecule has 1 aromatic carbocycles. The molecule has 2 rings (SSSR count). The highest BCUT2D eigenvalue weighted by Gasteiger charge is 2.23. The van der Waals surface area contributed by atoms with Crippen LogP contribution in [0.3, 0.4) is 0 Å². The highest BCUT2D eigenvalue weighted by Crippen LogP contribution is 2.26. The summed E-state index contributed by atoms with van der Waals surface area (Å²) in [5.41, 5.74) is 0. The predicted molar refractivity (Wildman–Crippen MR) is 88.2 cm³/mol. The Kier molecular flexibility index (Phi) is 6.26. The number of hydrogen-bond donors (Lipinski definition) is 1. The summed E-state index contributed by atoms with van der Waals surface area (Å²) in [6.07, 6.45) is 4.13. The number of hydrogen-bond acceptors (Lipinski definition) is 4. The zero-order chi connectivity index (χ0) is 16.9. The highest BCUT2D eigenvalue weighted by molar-refractivity contribution is 7.89. The number of methoxy groups -OCH3 is 1. The second kappa shape index (κ2) is 7.99. The van der Waals surface area contributed by atoms with Gasteiger partial charge in [-0.05, 0) is 31.0 Å². The lowest BCUT2D eigenvalue weighted by molar-refractivity contribution is -0.129. The van der Waals surface area contributed by atoms with Gasteiger partial charge in [0, 0.05) is 18.1 Å². The SMILES string of the molecule is COc1ccc(Cl)cc1S(=O)(=O)NCC(=O)N1CCCCCC1. The summed E-state index contributed by atoms with van der Waals surface area (Å²) in [5.74, 6) is -0.0272. The number of amides is 1. The van der Waals surface area contributed by atoms with E-state index in [0.29, 0.717) is 13.1 Å². The van der Waals surface area contributed by atoms with E-state index in [1.807, 2.05) is 0 Å². The molecule has 1 aliphatic heterocycles. The molecule has 0 aromatic heterocycles. The van der Waals surface area contributed by atoms with Crippen molar-refractivity contribution in [3.8, 4) is 5.75 Å². The minimum atomic E-state index is -3.88. The number of likely N-dealkylation sites (tertiary alicyclic amines) is 1. The van der Waals surface area contributed by atoms with E-state index in [0.717, 1.165) is 25.7 Å². The summed E-state index contributed by atoms with van der Waals surface area (Å²) < 4.78 is 32.2. The van der Waals surface area contributed by atoms with E-state index in [1.165, 1.54) is 19.2 Å². The Morgan fingerprint density at radius 3 is 2.52 bits per heavy atom. The maximum atomic E-state index is 12.4. The molecule has 1 amide bonds. The average molecular weight is 361 g/mol. The fourth-order valence-corrected chi connectivity index (χ4v) is 3.93. The molecule has 0 atom stereocenters. The van der Waals surface area contributed by atoms with Crippen LogP contribution in [0.25, 0.3) is 0 Å². The van der Waals surface area contributed by atoms with Crippen molar-refractivity contribution in [3.05, 3.63) is 23.2 Å². The number of nitrogens with zero attached hydrogens (tertiary/aromatic N) is 1. The number of ether oxygens (including phenoxy) is 1. The topological polar surface area (TPSA) is 75.7 Å². The molecule has 0 saturated carbocycles. The van der Waals surface area contributed by atoms with Gasteiger partial charge in [0.05, 0.1) is 13.7 Å². The minimum Gasteiger partial charge on any atom is -0.495 e. The van der Waals surface area contributed by atoms with Crippen LogP contribution in [0.5, 0.6) is 5.75 Å². The van der Waals surface area contributed by atoms with Crippen LogP contribution in [0.2, 0.25) is 5.02 Å². The zero-order valence-corrected chi connectivity index (χ0v) is 14.6. The molecular formula is C15H21ClN2O4S. The number of carbonyl (C=O) groups is 1. The number of rotatable bonds is 5. The van der Waals surface area contributed by atoms with Gasteiger partial charge in [-0.1, -0.05) is 24.4 Å². The van der Waals surface area contributed by atoms with Crippen molar-refractivity contribution in [2.24, 2.45) is 0 Å². The Labute approximate surface area is 141 Å². The monoisotopic (exact) mass is 360 g/mol. The molecule has 0 aliphatic carbocycles. The fourth-order valence-electron chi connectivity index (χ4n) is 2.53. The number of halogens is 1. The molecule has 1 heterocycles. The van der Waals surface area contributed by atoms with E-state index < -0.39 is 10.0 Å². The average Bonchev–Trinajstić information content (AvgIpc) is 2.82. The van der Waals surface area contributed by atoms with Crippen LogP contribution < -0.4 is 9.46 Å². The van der Waals surface area contributed by atoms with Gasteiger partial charge in [0.1, 0.15) is 10.6 Å². The molecule has 6 nitrogen and oxygen atoms in total. The Morgan fingerprint density at radius 1 is 1.26 bits per heavy atom. The van der Waals surface area contributed by atoms with Crippen molar-refractivity contribution < 1.29 is 17.9 Å². The lowest BCUT2D eigenvalue weighted by Crippen LogP contribution is -2.40. The molecule has 0 radical (unpaired) electrons. The third-order valence-electron chi connectivity index (χ3n) is 3.79. The molecule has 0 spiro atoms. The van der Waals surface area contributed by atoms with Gasteiger partial charge in [-0.15, -0.1) is 0 Å². The molecule has 1 aromatic rings. The van der Waals surface area contributed by atoms with E-state index in [-0.39, 0.29) is 28.1 Å². The zero-order valence-electron chi connectivity index (χ0n) is 13.0. The fraction of sp³-hybridized carbons (Fsp3) is 0.533. The van der Waals surface area contributed by atoms with E-state index in [9.17, 15) is 13.2 Å². The van der Waals surface area contributed by atoms with Gasteiger partial charge >= 0.3 is 0 Å². The van der Waals surface area contributed by atoms with E-state index in [4.69, 9.17) is 16.3 Å². The first kappa shape index (κ1) is 18.0. The van der Waals surface area contributed by atoms with Crippen LogP contribution in [0, 0.1) is 0 Å². The minimum absolute atomic E-state index is 0.0730. The van der Waals surface area contributed by atoms with Gasteiger partial charge in [-0.2, -0.15) is 0 Å². The van der Waals surface area contributed by atoms with E-state index in [1.54, 1.807) is 11.0 Å². The summed E-state index contributed by atoms with van der Waals surface area (Å²) in [5, 5.41) is 0.282. The largest absolute Gasteiger partial charge is 0.495 e. The standard InChI is InChI=1S/C15H21ClN2O4S/c1-22-13-7-6-12(16)10-14(13)23(20,21)17-11-15(19)18-8-4-2-3-5-9-18/h6-7,10,17H,2-5,8-9,11H2,1H3. The van der Waals surface area contributed by atoms with Crippen molar-refractivity contribution in [3.63, 3.8) is 0 Å². The van der Waals surface area contributed by atoms with Crippen LogP contribution in [0.15, 0.2) is 23.1 Å². The van der Waals surface area contributed by atoms with Crippen molar-refractivity contribution in [1.82, 2.24) is 9.62 Å². The summed E-state index contributed by atoms with van der Waals surface area (Å²) in [6.45, 7) is 1.10. The molecular weight excluding hydrogens is 340 g/mol. The van der Waals surface area contributed by atoms with Crippen molar-refractivity contribution in [2.75, 3.05) is 26.7 Å². The molecule has 0 unspecified atom stereocenters. The molecule has 8 heteroatoms. The first-order valence-electron chi connectivity index (χ1n) is 7.55.